The van der Waals surface area contributed by atoms with Gasteiger partial charge >= 0.3 is 12.1 Å². The van der Waals surface area contributed by atoms with Crippen LogP contribution in [0.1, 0.15) is 21.5 Å². The van der Waals surface area contributed by atoms with E-state index in [2.05, 4.69) is 4.98 Å². The summed E-state index contributed by atoms with van der Waals surface area (Å²) in [7, 11) is 4.48. The molecule has 3 aromatic carbocycles. The van der Waals surface area contributed by atoms with Crippen molar-refractivity contribution in [1.82, 2.24) is 4.98 Å². The smallest absolute Gasteiger partial charge is 0.416 e. The maximum atomic E-state index is 13.1. The molecule has 0 fully saturated rings. The number of benzene rings is 3. The van der Waals surface area contributed by atoms with Gasteiger partial charge < -0.3 is 18.9 Å². The van der Waals surface area contributed by atoms with Crippen molar-refractivity contribution in [1.29, 1.82) is 0 Å². The molecule has 4 aromatic rings. The molecule has 4 rings (SSSR count). The highest BCUT2D eigenvalue weighted by Gasteiger charge is 2.30. The number of nitrogens with zero attached hydrogens (tertiary/aromatic N) is 1. The topological polar surface area (TPSA) is 66.9 Å². The summed E-state index contributed by atoms with van der Waals surface area (Å²) in [4.78, 5) is 17.8. The number of alkyl halides is 3. The number of carbonyl (C=O) groups is 1. The van der Waals surface area contributed by atoms with Crippen LogP contribution in [0.25, 0.3) is 22.2 Å². The van der Waals surface area contributed by atoms with E-state index < -0.39 is 17.7 Å². The van der Waals surface area contributed by atoms with Crippen LogP contribution in [0.3, 0.4) is 0 Å². The maximum Gasteiger partial charge on any atom is 0.416 e. The van der Waals surface area contributed by atoms with Gasteiger partial charge in [-0.2, -0.15) is 13.2 Å². The fourth-order valence-corrected chi connectivity index (χ4v) is 3.79. The number of carbonyl (C=O) groups excluding carboxylic acids is 1. The molecule has 6 nitrogen and oxygen atoms in total. The molecule has 0 amide bonds. The Balaban J connectivity index is 1.72. The molecule has 36 heavy (non-hydrogen) atoms. The largest absolute Gasteiger partial charge is 0.493 e. The van der Waals surface area contributed by atoms with Crippen LogP contribution in [0.5, 0.6) is 17.2 Å². The molecular formula is C27H22F3NO5. The quantitative estimate of drug-likeness (QED) is 0.279. The summed E-state index contributed by atoms with van der Waals surface area (Å²) in [6.45, 7) is -0.321. The van der Waals surface area contributed by atoms with Crippen LogP contribution in [-0.2, 0) is 17.5 Å². The maximum absolute atomic E-state index is 13.1. The number of para-hydroxylation sites is 1. The number of hydrogen-bond acceptors (Lipinski definition) is 6. The van der Waals surface area contributed by atoms with E-state index >= 15 is 0 Å². The molecule has 0 atom stereocenters. The lowest BCUT2D eigenvalue weighted by Gasteiger charge is -2.15. The minimum absolute atomic E-state index is 0.219. The van der Waals surface area contributed by atoms with Gasteiger partial charge in [0.1, 0.15) is 6.61 Å². The van der Waals surface area contributed by atoms with Crippen LogP contribution in [0.2, 0.25) is 0 Å². The van der Waals surface area contributed by atoms with Crippen molar-refractivity contribution in [2.24, 2.45) is 0 Å². The average molecular weight is 497 g/mol. The molecule has 0 unspecified atom stereocenters. The summed E-state index contributed by atoms with van der Waals surface area (Å²) in [6.07, 6.45) is -4.49. The summed E-state index contributed by atoms with van der Waals surface area (Å²) in [5.41, 5.74) is 1.21. The summed E-state index contributed by atoms with van der Waals surface area (Å²) in [6, 6.07) is 16.7. The average Bonchev–Trinajstić information content (AvgIpc) is 2.89. The van der Waals surface area contributed by atoms with Crippen LogP contribution < -0.4 is 14.2 Å². The lowest BCUT2D eigenvalue weighted by molar-refractivity contribution is -0.137. The number of fused-ring (bicyclic) bond motifs is 1. The van der Waals surface area contributed by atoms with Crippen molar-refractivity contribution in [3.63, 3.8) is 0 Å². The summed E-state index contributed by atoms with van der Waals surface area (Å²) >= 11 is 0. The standard InChI is InChI=1S/C27H22F3NO5/c1-33-23-12-17(13-24(34-2)25(23)35-3)22-14-20(19-9-4-5-10-21(19)31-22)26(32)36-15-16-7-6-8-18(11-16)27(28,29)30/h4-14H,15H2,1-3H3. The second-order valence-corrected chi connectivity index (χ2v) is 7.76. The summed E-state index contributed by atoms with van der Waals surface area (Å²) in [5.74, 6) is 0.538. The Hall–Kier alpha value is -4.27. The van der Waals surface area contributed by atoms with Crippen molar-refractivity contribution < 1.29 is 36.9 Å². The molecular weight excluding hydrogens is 475 g/mol. The Kier molecular flexibility index (Phi) is 7.00. The van der Waals surface area contributed by atoms with Crippen molar-refractivity contribution in [3.8, 4) is 28.5 Å². The number of methoxy groups -OCH3 is 3. The van der Waals surface area contributed by atoms with E-state index in [0.29, 0.717) is 39.4 Å². The number of halogens is 3. The van der Waals surface area contributed by atoms with Gasteiger partial charge in [0.15, 0.2) is 11.5 Å². The predicted octanol–water partition coefficient (Wildman–Crippen LogP) is 6.30. The molecule has 9 heteroatoms. The van der Waals surface area contributed by atoms with Crippen molar-refractivity contribution in [2.45, 2.75) is 12.8 Å². The molecule has 0 N–H and O–H groups in total. The molecule has 0 radical (unpaired) electrons. The lowest BCUT2D eigenvalue weighted by Crippen LogP contribution is -2.09. The molecule has 0 aliphatic rings. The molecule has 0 bridgehead atoms. The van der Waals surface area contributed by atoms with E-state index in [0.717, 1.165) is 12.1 Å². The third-order valence-electron chi connectivity index (χ3n) is 5.52. The van der Waals surface area contributed by atoms with E-state index in [1.54, 1.807) is 42.5 Å². The molecule has 1 aromatic heterocycles. The first-order chi connectivity index (χ1) is 17.2. The molecule has 0 saturated heterocycles. The van der Waals surface area contributed by atoms with E-state index in [4.69, 9.17) is 18.9 Å². The zero-order chi connectivity index (χ0) is 25.9. The number of esters is 1. The van der Waals surface area contributed by atoms with E-state index in [1.165, 1.54) is 33.5 Å². The third-order valence-corrected chi connectivity index (χ3v) is 5.52. The Morgan fingerprint density at radius 2 is 1.56 bits per heavy atom. The lowest BCUT2D eigenvalue weighted by atomic mass is 10.0. The van der Waals surface area contributed by atoms with E-state index in [1.807, 2.05) is 0 Å². The zero-order valence-corrected chi connectivity index (χ0v) is 19.7. The Labute approximate surface area is 205 Å². The van der Waals surface area contributed by atoms with Crippen LogP contribution in [-0.4, -0.2) is 32.3 Å². The highest BCUT2D eigenvalue weighted by atomic mass is 19.4. The molecule has 0 aliphatic carbocycles. The molecule has 186 valence electrons. The second kappa shape index (κ2) is 10.2. The monoisotopic (exact) mass is 497 g/mol. The van der Waals surface area contributed by atoms with Gasteiger partial charge in [0.05, 0.1) is 43.7 Å². The van der Waals surface area contributed by atoms with Gasteiger partial charge in [-0.3, -0.25) is 0 Å². The molecule has 0 saturated carbocycles. The van der Waals surface area contributed by atoms with Crippen molar-refractivity contribution >= 4 is 16.9 Å². The van der Waals surface area contributed by atoms with Crippen LogP contribution in [0.4, 0.5) is 13.2 Å². The predicted molar refractivity (Wildman–Crippen MR) is 127 cm³/mol. The minimum Gasteiger partial charge on any atom is -0.493 e. The van der Waals surface area contributed by atoms with Gasteiger partial charge in [-0.25, -0.2) is 9.78 Å². The van der Waals surface area contributed by atoms with Gasteiger partial charge in [-0.15, -0.1) is 0 Å². The number of rotatable bonds is 7. The summed E-state index contributed by atoms with van der Waals surface area (Å²) < 4.78 is 60.7. The number of ether oxygens (including phenoxy) is 4. The van der Waals surface area contributed by atoms with Crippen LogP contribution in [0.15, 0.2) is 66.7 Å². The van der Waals surface area contributed by atoms with E-state index in [-0.39, 0.29) is 17.7 Å². The fraction of sp³-hybridized carbons (Fsp3) is 0.185. The fourth-order valence-electron chi connectivity index (χ4n) is 3.79. The van der Waals surface area contributed by atoms with Gasteiger partial charge in [-0.1, -0.05) is 30.3 Å². The van der Waals surface area contributed by atoms with Gasteiger partial charge in [-0.05, 0) is 42.0 Å². The number of pyridine rings is 1. The van der Waals surface area contributed by atoms with Crippen LogP contribution >= 0.6 is 0 Å². The second-order valence-electron chi connectivity index (χ2n) is 7.76. The highest BCUT2D eigenvalue weighted by molar-refractivity contribution is 6.04. The SMILES string of the molecule is COc1cc(-c2cc(C(=O)OCc3cccc(C(F)(F)F)c3)c3ccccc3n2)cc(OC)c1OC. The zero-order valence-electron chi connectivity index (χ0n) is 19.7. The van der Waals surface area contributed by atoms with Crippen molar-refractivity contribution in [2.75, 3.05) is 21.3 Å². The first kappa shape index (κ1) is 24.8. The molecule has 1 heterocycles. The highest BCUT2D eigenvalue weighted by Crippen LogP contribution is 2.41. The third kappa shape index (κ3) is 5.05. The van der Waals surface area contributed by atoms with Gasteiger partial charge in [0.2, 0.25) is 5.75 Å². The Morgan fingerprint density at radius 1 is 0.861 bits per heavy atom. The van der Waals surface area contributed by atoms with Gasteiger partial charge in [0, 0.05) is 10.9 Å². The van der Waals surface area contributed by atoms with E-state index in [9.17, 15) is 18.0 Å². The Bertz CT molecular complexity index is 1390. The normalized spacial score (nSPS) is 11.3. The number of aromatic nitrogens is 1. The molecule has 0 aliphatic heterocycles. The number of hydrogen-bond donors (Lipinski definition) is 0. The first-order valence-electron chi connectivity index (χ1n) is 10.8. The summed E-state index contributed by atoms with van der Waals surface area (Å²) in [5, 5.41) is 0.544. The molecule has 0 spiro atoms. The van der Waals surface area contributed by atoms with Crippen LogP contribution in [0, 0.1) is 0 Å². The Morgan fingerprint density at radius 3 is 2.19 bits per heavy atom. The first-order valence-corrected chi connectivity index (χ1v) is 10.8. The minimum atomic E-state index is -4.49. The van der Waals surface area contributed by atoms with Crippen molar-refractivity contribution in [3.05, 3.63) is 83.4 Å². The van der Waals surface area contributed by atoms with Gasteiger partial charge in [0.25, 0.3) is 0 Å².